The van der Waals surface area contributed by atoms with E-state index in [0.29, 0.717) is 5.69 Å². The minimum Gasteiger partial charge on any atom is -0.325 e. The van der Waals surface area contributed by atoms with Crippen LogP contribution in [0.3, 0.4) is 0 Å². The number of aryl methyl sites for hydroxylation is 1. The summed E-state index contributed by atoms with van der Waals surface area (Å²) in [5.41, 5.74) is 3.84. The Balaban J connectivity index is 1.50. The molecule has 1 aromatic heterocycles. The van der Waals surface area contributed by atoms with Gasteiger partial charge in [-0.05, 0) is 56.0 Å². The molecule has 7 nitrogen and oxygen atoms in total. The molecule has 1 aliphatic rings. The molecule has 3 aromatic rings. The first kappa shape index (κ1) is 22.6. The molecule has 1 N–H and O–H groups in total. The van der Waals surface area contributed by atoms with Gasteiger partial charge in [0.1, 0.15) is 0 Å². The van der Waals surface area contributed by atoms with Crippen molar-refractivity contribution in [1.82, 2.24) is 13.9 Å². The summed E-state index contributed by atoms with van der Waals surface area (Å²) in [6.45, 7) is 0. The van der Waals surface area contributed by atoms with E-state index in [0.717, 1.165) is 46.5 Å². The molecule has 4 rings (SSSR count). The van der Waals surface area contributed by atoms with Crippen LogP contribution in [0.15, 0.2) is 64.6 Å². The standard InChI is InChI=1S/C23H26N4O3S2/c1-26(2)32(29,30)19-12-8-9-17(15-19)24-22(28)16-31-23-25-20-13-6-7-14-21(20)27(23)18-10-4-3-5-11-18/h3-5,8-12,15H,6-7,13-14,16H2,1-2H3,(H,24,28). The Bertz CT molecular complexity index is 1220. The van der Waals surface area contributed by atoms with Crippen LogP contribution in [0.25, 0.3) is 5.69 Å². The van der Waals surface area contributed by atoms with Gasteiger partial charge in [-0.25, -0.2) is 17.7 Å². The summed E-state index contributed by atoms with van der Waals surface area (Å²) in [4.78, 5) is 17.6. The molecular weight excluding hydrogens is 444 g/mol. The maximum Gasteiger partial charge on any atom is 0.242 e. The van der Waals surface area contributed by atoms with E-state index in [-0.39, 0.29) is 16.6 Å². The fraction of sp³-hybridized carbons (Fsp3) is 0.304. The van der Waals surface area contributed by atoms with Gasteiger partial charge in [0, 0.05) is 31.2 Å². The van der Waals surface area contributed by atoms with Crippen molar-refractivity contribution < 1.29 is 13.2 Å². The third kappa shape index (κ3) is 4.74. The summed E-state index contributed by atoms with van der Waals surface area (Å²) in [6, 6.07) is 16.4. The Hall–Kier alpha value is -2.62. The second kappa shape index (κ2) is 9.48. The zero-order chi connectivity index (χ0) is 22.7. The number of sulfonamides is 1. The van der Waals surface area contributed by atoms with Crippen LogP contribution in [0.5, 0.6) is 0 Å². The van der Waals surface area contributed by atoms with Gasteiger partial charge in [0.2, 0.25) is 15.9 Å². The van der Waals surface area contributed by atoms with Gasteiger partial charge in [-0.15, -0.1) is 0 Å². The van der Waals surface area contributed by atoms with E-state index in [1.165, 1.54) is 43.7 Å². The third-order valence-electron chi connectivity index (χ3n) is 5.35. The molecule has 1 heterocycles. The predicted molar refractivity (Wildman–Crippen MR) is 127 cm³/mol. The highest BCUT2D eigenvalue weighted by molar-refractivity contribution is 7.99. The van der Waals surface area contributed by atoms with Crippen molar-refractivity contribution in [2.75, 3.05) is 25.2 Å². The number of nitrogens with zero attached hydrogens (tertiary/aromatic N) is 3. The summed E-state index contributed by atoms with van der Waals surface area (Å²) >= 11 is 1.39. The van der Waals surface area contributed by atoms with Crippen molar-refractivity contribution in [2.45, 2.75) is 35.7 Å². The van der Waals surface area contributed by atoms with Crippen LogP contribution in [-0.4, -0.2) is 48.0 Å². The van der Waals surface area contributed by atoms with Crippen LogP contribution in [0.2, 0.25) is 0 Å². The van der Waals surface area contributed by atoms with Crippen LogP contribution in [-0.2, 0) is 27.7 Å². The van der Waals surface area contributed by atoms with E-state index < -0.39 is 10.0 Å². The predicted octanol–water partition coefficient (Wildman–Crippen LogP) is 3.73. The molecule has 0 unspecified atom stereocenters. The van der Waals surface area contributed by atoms with Gasteiger partial charge in [-0.3, -0.25) is 9.36 Å². The summed E-state index contributed by atoms with van der Waals surface area (Å²) in [7, 11) is -0.609. The van der Waals surface area contributed by atoms with Gasteiger partial charge in [0.15, 0.2) is 5.16 Å². The number of anilines is 1. The van der Waals surface area contributed by atoms with Crippen molar-refractivity contribution in [3.8, 4) is 5.69 Å². The maximum absolute atomic E-state index is 12.6. The first-order valence-corrected chi connectivity index (χ1v) is 12.9. The summed E-state index contributed by atoms with van der Waals surface area (Å²) in [5, 5.41) is 3.61. The molecule has 0 atom stereocenters. The second-order valence-corrected chi connectivity index (χ2v) is 10.9. The molecular formula is C23H26N4O3S2. The number of thioether (sulfide) groups is 1. The smallest absolute Gasteiger partial charge is 0.242 e. The zero-order valence-corrected chi connectivity index (χ0v) is 19.7. The number of amides is 1. The Morgan fingerprint density at radius 1 is 1.09 bits per heavy atom. The molecule has 0 bridgehead atoms. The lowest BCUT2D eigenvalue weighted by atomic mass is 10.0. The Labute approximate surface area is 192 Å². The maximum atomic E-state index is 12.6. The number of nitrogens with one attached hydrogen (secondary N) is 1. The van der Waals surface area contributed by atoms with Crippen molar-refractivity contribution in [2.24, 2.45) is 0 Å². The zero-order valence-electron chi connectivity index (χ0n) is 18.1. The Morgan fingerprint density at radius 2 is 1.84 bits per heavy atom. The highest BCUT2D eigenvalue weighted by atomic mass is 32.2. The molecule has 0 saturated carbocycles. The lowest BCUT2D eigenvalue weighted by Gasteiger charge is -2.15. The number of rotatable bonds is 7. The fourth-order valence-electron chi connectivity index (χ4n) is 3.73. The van der Waals surface area contributed by atoms with Crippen molar-refractivity contribution in [3.63, 3.8) is 0 Å². The van der Waals surface area contributed by atoms with Crippen LogP contribution < -0.4 is 5.32 Å². The summed E-state index contributed by atoms with van der Waals surface area (Å²) in [6.07, 6.45) is 4.22. The fourth-order valence-corrected chi connectivity index (χ4v) is 5.53. The number of hydrogen-bond donors (Lipinski definition) is 1. The molecule has 168 valence electrons. The van der Waals surface area contributed by atoms with Crippen molar-refractivity contribution in [3.05, 3.63) is 66.0 Å². The van der Waals surface area contributed by atoms with E-state index in [9.17, 15) is 13.2 Å². The van der Waals surface area contributed by atoms with Crippen molar-refractivity contribution in [1.29, 1.82) is 0 Å². The lowest BCUT2D eigenvalue weighted by Crippen LogP contribution is -2.22. The van der Waals surface area contributed by atoms with E-state index in [4.69, 9.17) is 4.98 Å². The molecule has 2 aromatic carbocycles. The number of carbonyl (C=O) groups excluding carboxylic acids is 1. The SMILES string of the molecule is CN(C)S(=O)(=O)c1cccc(NC(=O)CSc2nc3c(n2-c2ccccc2)CCCC3)c1. The molecule has 0 radical (unpaired) electrons. The van der Waals surface area contributed by atoms with Gasteiger partial charge >= 0.3 is 0 Å². The number of imidazole rings is 1. The van der Waals surface area contributed by atoms with Crippen LogP contribution >= 0.6 is 11.8 Å². The second-order valence-electron chi connectivity index (χ2n) is 7.82. The van der Waals surface area contributed by atoms with Crippen LogP contribution in [0.4, 0.5) is 5.69 Å². The first-order valence-electron chi connectivity index (χ1n) is 10.5. The summed E-state index contributed by atoms with van der Waals surface area (Å²) in [5.74, 6) is -0.0390. The van der Waals surface area contributed by atoms with E-state index in [1.54, 1.807) is 12.1 Å². The van der Waals surface area contributed by atoms with Crippen molar-refractivity contribution >= 4 is 33.4 Å². The minimum absolute atomic E-state index is 0.139. The Kier molecular flexibility index (Phi) is 6.68. The minimum atomic E-state index is -3.57. The van der Waals surface area contributed by atoms with Gasteiger partial charge < -0.3 is 5.32 Å². The lowest BCUT2D eigenvalue weighted by molar-refractivity contribution is -0.113. The largest absolute Gasteiger partial charge is 0.325 e. The molecule has 1 aliphatic carbocycles. The molecule has 0 spiro atoms. The third-order valence-corrected chi connectivity index (χ3v) is 8.09. The highest BCUT2D eigenvalue weighted by Gasteiger charge is 2.22. The normalized spacial score (nSPS) is 13.7. The van der Waals surface area contributed by atoms with Gasteiger partial charge in [-0.2, -0.15) is 0 Å². The number of hydrogen-bond acceptors (Lipinski definition) is 5. The van der Waals surface area contributed by atoms with E-state index >= 15 is 0 Å². The molecule has 1 amide bonds. The Morgan fingerprint density at radius 3 is 2.59 bits per heavy atom. The van der Waals surface area contributed by atoms with Gasteiger partial charge in [0.25, 0.3) is 0 Å². The monoisotopic (exact) mass is 470 g/mol. The average Bonchev–Trinajstić information content (AvgIpc) is 3.17. The molecule has 0 saturated heterocycles. The topological polar surface area (TPSA) is 84.3 Å². The molecule has 32 heavy (non-hydrogen) atoms. The van der Waals surface area contributed by atoms with Crippen LogP contribution in [0.1, 0.15) is 24.2 Å². The van der Waals surface area contributed by atoms with E-state index in [1.807, 2.05) is 18.2 Å². The number of fused-ring (bicyclic) bond motifs is 1. The molecule has 0 fully saturated rings. The number of benzene rings is 2. The molecule has 9 heteroatoms. The van der Waals surface area contributed by atoms with Gasteiger partial charge in [-0.1, -0.05) is 36.0 Å². The molecule has 0 aliphatic heterocycles. The average molecular weight is 471 g/mol. The van der Waals surface area contributed by atoms with Crippen LogP contribution in [0, 0.1) is 0 Å². The van der Waals surface area contributed by atoms with Gasteiger partial charge in [0.05, 0.1) is 16.3 Å². The van der Waals surface area contributed by atoms with E-state index in [2.05, 4.69) is 22.0 Å². The quantitative estimate of drug-likeness (QED) is 0.532. The highest BCUT2D eigenvalue weighted by Crippen LogP contribution is 2.30. The number of para-hydroxylation sites is 1. The number of aromatic nitrogens is 2. The number of carbonyl (C=O) groups is 1. The first-order chi connectivity index (χ1) is 15.4. The summed E-state index contributed by atoms with van der Waals surface area (Å²) < 4.78 is 28.0.